The van der Waals surface area contributed by atoms with Crippen molar-refractivity contribution in [2.24, 2.45) is 0 Å². The SMILES string of the molecule is O=C(N[C@@H](CO)C(=O)N[C@H](CC[S@](=O)c1ccccc1)C(=O)O)OCc1ccccc1. The third-order valence-electron chi connectivity index (χ3n) is 4.22. The molecule has 0 aliphatic carbocycles. The number of hydrogen-bond acceptors (Lipinski definition) is 6. The summed E-state index contributed by atoms with van der Waals surface area (Å²) in [5, 5.41) is 23.2. The highest BCUT2D eigenvalue weighted by Crippen LogP contribution is 2.08. The van der Waals surface area contributed by atoms with E-state index in [-0.39, 0.29) is 18.8 Å². The fourth-order valence-electron chi connectivity index (χ4n) is 2.55. The van der Waals surface area contributed by atoms with Gasteiger partial charge in [-0.3, -0.25) is 9.00 Å². The Morgan fingerprint density at radius 2 is 1.55 bits per heavy atom. The maximum absolute atomic E-state index is 12.3. The van der Waals surface area contributed by atoms with E-state index >= 15 is 0 Å². The maximum Gasteiger partial charge on any atom is 0.408 e. The van der Waals surface area contributed by atoms with Crippen LogP contribution in [0.4, 0.5) is 4.79 Å². The summed E-state index contributed by atoms with van der Waals surface area (Å²) in [4.78, 5) is 36.3. The average Bonchev–Trinajstić information content (AvgIpc) is 2.79. The van der Waals surface area contributed by atoms with Gasteiger partial charge in [0.1, 0.15) is 18.7 Å². The van der Waals surface area contributed by atoms with Gasteiger partial charge in [0, 0.05) is 10.6 Å². The van der Waals surface area contributed by atoms with E-state index in [9.17, 15) is 28.8 Å². The maximum atomic E-state index is 12.3. The quantitative estimate of drug-likeness (QED) is 0.402. The van der Waals surface area contributed by atoms with Crippen LogP contribution in [0.5, 0.6) is 0 Å². The number of alkyl carbamates (subject to hydrolysis) is 1. The lowest BCUT2D eigenvalue weighted by atomic mass is 10.2. The van der Waals surface area contributed by atoms with Gasteiger partial charge in [0.25, 0.3) is 0 Å². The molecular weight excluding hydrogens is 424 g/mol. The van der Waals surface area contributed by atoms with Crippen LogP contribution in [0.1, 0.15) is 12.0 Å². The minimum atomic E-state index is -1.43. The van der Waals surface area contributed by atoms with Crippen molar-refractivity contribution in [3.63, 3.8) is 0 Å². The highest BCUT2D eigenvalue weighted by atomic mass is 32.2. The van der Waals surface area contributed by atoms with E-state index in [2.05, 4.69) is 10.6 Å². The van der Waals surface area contributed by atoms with E-state index in [1.807, 2.05) is 6.07 Å². The predicted octanol–water partition coefficient (Wildman–Crippen LogP) is 1.04. The van der Waals surface area contributed by atoms with E-state index in [1.54, 1.807) is 54.6 Å². The molecule has 0 aliphatic rings. The number of nitrogens with one attached hydrogen (secondary N) is 2. The zero-order chi connectivity index (χ0) is 22.6. The molecule has 0 fully saturated rings. The normalized spacial score (nSPS) is 13.5. The first-order chi connectivity index (χ1) is 14.9. The van der Waals surface area contributed by atoms with Gasteiger partial charge < -0.3 is 25.6 Å². The minimum Gasteiger partial charge on any atom is -0.480 e. The van der Waals surface area contributed by atoms with E-state index in [0.29, 0.717) is 4.90 Å². The van der Waals surface area contributed by atoms with Crippen LogP contribution in [0, 0.1) is 0 Å². The number of ether oxygens (including phenoxy) is 1. The molecular formula is C21H24N2O7S. The number of aliphatic hydroxyl groups is 1. The molecule has 0 unspecified atom stereocenters. The van der Waals surface area contributed by atoms with Crippen molar-refractivity contribution in [2.45, 2.75) is 30.0 Å². The molecule has 0 bridgehead atoms. The fraction of sp³-hybridized carbons (Fsp3) is 0.286. The predicted molar refractivity (Wildman–Crippen MR) is 113 cm³/mol. The second-order valence-electron chi connectivity index (χ2n) is 6.49. The molecule has 0 heterocycles. The van der Waals surface area contributed by atoms with Gasteiger partial charge in [0.15, 0.2) is 0 Å². The second kappa shape index (κ2) is 12.5. The average molecular weight is 448 g/mol. The number of carbonyl (C=O) groups is 3. The zero-order valence-corrected chi connectivity index (χ0v) is 17.4. The lowest BCUT2D eigenvalue weighted by molar-refractivity contribution is -0.142. The Labute approximate surface area is 181 Å². The van der Waals surface area contributed by atoms with Crippen molar-refractivity contribution in [2.75, 3.05) is 12.4 Å². The van der Waals surface area contributed by atoms with Crippen molar-refractivity contribution in [3.05, 3.63) is 66.2 Å². The van der Waals surface area contributed by atoms with E-state index < -0.39 is 47.5 Å². The Bertz CT molecular complexity index is 893. The summed E-state index contributed by atoms with van der Waals surface area (Å²) in [5.41, 5.74) is 0.736. The summed E-state index contributed by atoms with van der Waals surface area (Å²) in [6.07, 6.45) is -1.03. The highest BCUT2D eigenvalue weighted by Gasteiger charge is 2.27. The molecule has 31 heavy (non-hydrogen) atoms. The third kappa shape index (κ3) is 8.19. The fourth-order valence-corrected chi connectivity index (χ4v) is 3.69. The summed E-state index contributed by atoms with van der Waals surface area (Å²) in [6, 6.07) is 14.7. The minimum absolute atomic E-state index is 0.0115. The van der Waals surface area contributed by atoms with Crippen LogP contribution in [-0.4, -0.2) is 56.8 Å². The molecule has 166 valence electrons. The first-order valence-corrected chi connectivity index (χ1v) is 10.8. The Morgan fingerprint density at radius 1 is 0.935 bits per heavy atom. The van der Waals surface area contributed by atoms with Crippen molar-refractivity contribution in [1.29, 1.82) is 0 Å². The van der Waals surface area contributed by atoms with Crippen LogP contribution in [0.3, 0.4) is 0 Å². The molecule has 0 aliphatic heterocycles. The highest BCUT2D eigenvalue weighted by molar-refractivity contribution is 7.85. The third-order valence-corrected chi connectivity index (χ3v) is 5.62. The summed E-state index contributed by atoms with van der Waals surface area (Å²) < 4.78 is 17.3. The van der Waals surface area contributed by atoms with Gasteiger partial charge in [-0.15, -0.1) is 0 Å². The van der Waals surface area contributed by atoms with Crippen molar-refractivity contribution in [1.82, 2.24) is 10.6 Å². The number of aliphatic hydroxyl groups excluding tert-OH is 1. The Balaban J connectivity index is 1.86. The summed E-state index contributed by atoms with van der Waals surface area (Å²) in [6.45, 7) is -0.788. The molecule has 0 aromatic heterocycles. The zero-order valence-electron chi connectivity index (χ0n) is 16.6. The molecule has 0 radical (unpaired) electrons. The van der Waals surface area contributed by atoms with Crippen LogP contribution in [-0.2, 0) is 31.7 Å². The summed E-state index contributed by atoms with van der Waals surface area (Å²) in [7, 11) is -1.43. The van der Waals surface area contributed by atoms with Gasteiger partial charge in [0.2, 0.25) is 5.91 Å². The molecule has 0 saturated heterocycles. The Kier molecular flexibility index (Phi) is 9.66. The van der Waals surface area contributed by atoms with Crippen LogP contribution in [0.25, 0.3) is 0 Å². The molecule has 2 rings (SSSR count). The van der Waals surface area contributed by atoms with Crippen LogP contribution in [0.15, 0.2) is 65.6 Å². The van der Waals surface area contributed by atoms with E-state index in [4.69, 9.17) is 4.74 Å². The number of carbonyl (C=O) groups excluding carboxylic acids is 2. The van der Waals surface area contributed by atoms with Gasteiger partial charge in [-0.1, -0.05) is 48.5 Å². The van der Waals surface area contributed by atoms with Crippen molar-refractivity contribution < 1.29 is 33.5 Å². The molecule has 2 amide bonds. The number of amides is 2. The smallest absolute Gasteiger partial charge is 0.408 e. The standard InChI is InChI=1S/C21H24N2O7S/c24-13-18(23-21(28)30-14-15-7-3-1-4-8-15)19(25)22-17(20(26)27)11-12-31(29)16-9-5-2-6-10-16/h1-10,17-18,24H,11-14H2,(H,22,25)(H,23,28)(H,26,27)/t17-,18+,31+/m1/s1. The van der Waals surface area contributed by atoms with Gasteiger partial charge in [0.05, 0.1) is 17.4 Å². The van der Waals surface area contributed by atoms with Crippen LogP contribution >= 0.6 is 0 Å². The molecule has 4 N–H and O–H groups in total. The lowest BCUT2D eigenvalue weighted by Crippen LogP contribution is -2.53. The molecule has 0 saturated carbocycles. The Morgan fingerprint density at radius 3 is 2.13 bits per heavy atom. The molecule has 0 spiro atoms. The van der Waals surface area contributed by atoms with Gasteiger partial charge >= 0.3 is 12.1 Å². The molecule has 9 nitrogen and oxygen atoms in total. The lowest BCUT2D eigenvalue weighted by Gasteiger charge is -2.20. The van der Waals surface area contributed by atoms with E-state index in [0.717, 1.165) is 5.56 Å². The molecule has 2 aromatic carbocycles. The monoisotopic (exact) mass is 448 g/mol. The second-order valence-corrected chi connectivity index (χ2v) is 8.06. The van der Waals surface area contributed by atoms with Gasteiger partial charge in [-0.2, -0.15) is 0 Å². The number of benzene rings is 2. The van der Waals surface area contributed by atoms with Crippen LogP contribution in [0.2, 0.25) is 0 Å². The topological polar surface area (TPSA) is 142 Å². The van der Waals surface area contributed by atoms with Gasteiger partial charge in [-0.25, -0.2) is 9.59 Å². The Hall–Kier alpha value is -3.24. The summed E-state index contributed by atoms with van der Waals surface area (Å²) >= 11 is 0. The molecule has 10 heteroatoms. The van der Waals surface area contributed by atoms with Crippen molar-refractivity contribution in [3.8, 4) is 0 Å². The number of hydrogen-bond donors (Lipinski definition) is 4. The number of carboxylic acids is 1. The largest absolute Gasteiger partial charge is 0.480 e. The first-order valence-electron chi connectivity index (χ1n) is 9.45. The first kappa shape index (κ1) is 24.0. The molecule has 3 atom stereocenters. The number of carboxylic acid groups (broad SMARTS) is 1. The number of rotatable bonds is 11. The number of aliphatic carboxylic acids is 1. The van der Waals surface area contributed by atoms with Crippen molar-refractivity contribution >= 4 is 28.8 Å². The van der Waals surface area contributed by atoms with E-state index in [1.165, 1.54) is 0 Å². The van der Waals surface area contributed by atoms with Crippen LogP contribution < -0.4 is 10.6 Å². The van der Waals surface area contributed by atoms with Gasteiger partial charge in [-0.05, 0) is 24.1 Å². The summed E-state index contributed by atoms with van der Waals surface area (Å²) in [5.74, 6) is -2.20. The molecule has 2 aromatic rings.